The van der Waals surface area contributed by atoms with Gasteiger partial charge in [-0.05, 0) is 0 Å². The standard InChI is InChI=1S/C26H45NO21/c1-6(32)27-11-21(47-25-18(39)15(36)12(33)7(2-28)44-25)13(34)8(3-29)43-24(11)48-22-14(35)9(4-30)45-26(19(22)40)46-20-10(5-31)42-23(41)17(38)16(20)37/h7-26,28-31,33-41H,2-5H2,1H3,(H,27,32)/t7?,8?,9?,10?,11-,12-,13+,14-,15?,16?,17-,18-,19-,20+,21?,22?,23?,24-,25-,26-/m0/s1. The van der Waals surface area contributed by atoms with Gasteiger partial charge in [-0.3, -0.25) is 4.79 Å². The molecule has 0 saturated carbocycles. The number of carbonyl (C=O) groups is 1. The van der Waals surface area contributed by atoms with E-state index in [2.05, 4.69) is 5.32 Å². The second-order valence-corrected chi connectivity index (χ2v) is 11.9. The van der Waals surface area contributed by atoms with Crippen molar-refractivity contribution < 1.29 is 104 Å². The van der Waals surface area contributed by atoms with E-state index in [0.29, 0.717) is 0 Å². The van der Waals surface area contributed by atoms with Crippen LogP contribution in [-0.2, 0) is 38.0 Å². The van der Waals surface area contributed by atoms with E-state index in [1.807, 2.05) is 0 Å². The van der Waals surface area contributed by atoms with Gasteiger partial charge in [0, 0.05) is 6.92 Å². The Bertz CT molecular complexity index is 1030. The molecular formula is C26H45NO21. The van der Waals surface area contributed by atoms with Gasteiger partial charge in [0.25, 0.3) is 0 Å². The molecule has 0 radical (unpaired) electrons. The fourth-order valence-corrected chi connectivity index (χ4v) is 5.94. The van der Waals surface area contributed by atoms with Crippen LogP contribution in [-0.4, -0.2) is 221 Å². The third kappa shape index (κ3) is 8.08. The summed E-state index contributed by atoms with van der Waals surface area (Å²) in [4.78, 5) is 12.3. The van der Waals surface area contributed by atoms with Gasteiger partial charge in [0.1, 0.15) is 97.6 Å². The molecule has 0 aromatic heterocycles. The molecule has 4 rings (SSSR count). The number of amides is 1. The van der Waals surface area contributed by atoms with Gasteiger partial charge in [-0.1, -0.05) is 0 Å². The van der Waals surface area contributed by atoms with E-state index in [4.69, 9.17) is 33.2 Å². The summed E-state index contributed by atoms with van der Waals surface area (Å²) >= 11 is 0. The highest BCUT2D eigenvalue weighted by molar-refractivity contribution is 5.73. The van der Waals surface area contributed by atoms with Crippen LogP contribution in [0.5, 0.6) is 0 Å². The second kappa shape index (κ2) is 16.8. The van der Waals surface area contributed by atoms with Crippen LogP contribution in [0.4, 0.5) is 0 Å². The van der Waals surface area contributed by atoms with Crippen molar-refractivity contribution in [3.05, 3.63) is 0 Å². The van der Waals surface area contributed by atoms with Crippen molar-refractivity contribution in [2.45, 2.75) is 130 Å². The van der Waals surface area contributed by atoms with Crippen molar-refractivity contribution in [3.8, 4) is 0 Å². The fourth-order valence-electron chi connectivity index (χ4n) is 5.94. The highest BCUT2D eigenvalue weighted by Gasteiger charge is 2.55. The summed E-state index contributed by atoms with van der Waals surface area (Å²) in [6.45, 7) is -2.41. The molecule has 0 spiro atoms. The molecule has 9 unspecified atom stereocenters. The predicted octanol–water partition coefficient (Wildman–Crippen LogP) is -9.61. The largest absolute Gasteiger partial charge is 0.394 e. The molecule has 0 aromatic carbocycles. The summed E-state index contributed by atoms with van der Waals surface area (Å²) in [5.74, 6) is -0.765. The van der Waals surface area contributed by atoms with E-state index in [9.17, 15) is 71.2 Å². The number of ether oxygens (including phenoxy) is 7. The minimum atomic E-state index is -2.04. The molecule has 4 fully saturated rings. The maximum absolute atomic E-state index is 12.3. The third-order valence-corrected chi connectivity index (χ3v) is 8.61. The molecule has 4 aliphatic heterocycles. The first-order valence-electron chi connectivity index (χ1n) is 15.1. The van der Waals surface area contributed by atoms with Crippen molar-refractivity contribution in [1.29, 1.82) is 0 Å². The van der Waals surface area contributed by atoms with Crippen molar-refractivity contribution >= 4 is 5.91 Å². The first kappa shape index (κ1) is 39.5. The number of nitrogens with one attached hydrogen (secondary N) is 1. The van der Waals surface area contributed by atoms with Crippen LogP contribution < -0.4 is 5.32 Å². The van der Waals surface area contributed by atoms with Crippen molar-refractivity contribution in [1.82, 2.24) is 5.32 Å². The number of carbonyl (C=O) groups excluding carboxylic acids is 1. The first-order valence-corrected chi connectivity index (χ1v) is 15.1. The number of rotatable bonds is 11. The number of aliphatic hydroxyl groups is 13. The normalized spacial score (nSPS) is 50.2. The number of hydrogen-bond donors (Lipinski definition) is 14. The lowest BCUT2D eigenvalue weighted by molar-refractivity contribution is -0.379. The Morgan fingerprint density at radius 2 is 0.958 bits per heavy atom. The third-order valence-electron chi connectivity index (χ3n) is 8.61. The van der Waals surface area contributed by atoms with Crippen molar-refractivity contribution in [3.63, 3.8) is 0 Å². The molecule has 22 nitrogen and oxygen atoms in total. The minimum absolute atomic E-state index is 0.765. The molecule has 0 aromatic rings. The molecule has 20 atom stereocenters. The van der Waals surface area contributed by atoms with Gasteiger partial charge in [-0.15, -0.1) is 0 Å². The van der Waals surface area contributed by atoms with Crippen molar-refractivity contribution in [2.75, 3.05) is 26.4 Å². The van der Waals surface area contributed by atoms with E-state index >= 15 is 0 Å². The zero-order chi connectivity index (χ0) is 35.6. The van der Waals surface area contributed by atoms with Gasteiger partial charge in [-0.2, -0.15) is 0 Å². The van der Waals surface area contributed by atoms with Gasteiger partial charge in [0.2, 0.25) is 5.91 Å². The summed E-state index contributed by atoms with van der Waals surface area (Å²) in [6, 6.07) is -1.61. The van der Waals surface area contributed by atoms with E-state index in [-0.39, 0.29) is 0 Å². The molecule has 48 heavy (non-hydrogen) atoms. The Morgan fingerprint density at radius 3 is 1.50 bits per heavy atom. The van der Waals surface area contributed by atoms with E-state index in [1.54, 1.807) is 0 Å². The monoisotopic (exact) mass is 707 g/mol. The highest BCUT2D eigenvalue weighted by atomic mass is 16.8. The number of aliphatic hydroxyl groups excluding tert-OH is 13. The van der Waals surface area contributed by atoms with Gasteiger partial charge >= 0.3 is 0 Å². The van der Waals surface area contributed by atoms with Gasteiger partial charge < -0.3 is 105 Å². The molecule has 14 N–H and O–H groups in total. The zero-order valence-electron chi connectivity index (χ0n) is 25.5. The van der Waals surface area contributed by atoms with Crippen LogP contribution in [0, 0.1) is 0 Å². The highest BCUT2D eigenvalue weighted by Crippen LogP contribution is 2.34. The summed E-state index contributed by atoms with van der Waals surface area (Å²) in [6.07, 6.45) is -33.8. The van der Waals surface area contributed by atoms with Crippen LogP contribution in [0.2, 0.25) is 0 Å². The molecular weight excluding hydrogens is 662 g/mol. The van der Waals surface area contributed by atoms with E-state index in [0.717, 1.165) is 6.92 Å². The van der Waals surface area contributed by atoms with Crippen LogP contribution in [0.15, 0.2) is 0 Å². The lowest BCUT2D eigenvalue weighted by Crippen LogP contribution is -2.70. The topological polar surface area (TPSA) is 357 Å². The number of hydrogen-bond acceptors (Lipinski definition) is 21. The van der Waals surface area contributed by atoms with Crippen molar-refractivity contribution in [2.24, 2.45) is 0 Å². The van der Waals surface area contributed by atoms with E-state index in [1.165, 1.54) is 0 Å². The summed E-state index contributed by atoms with van der Waals surface area (Å²) in [7, 11) is 0. The molecule has 1 amide bonds. The van der Waals surface area contributed by atoms with Crippen LogP contribution >= 0.6 is 0 Å². The zero-order valence-corrected chi connectivity index (χ0v) is 25.5. The Kier molecular flexibility index (Phi) is 13.8. The molecule has 22 heteroatoms. The predicted molar refractivity (Wildman–Crippen MR) is 145 cm³/mol. The Morgan fingerprint density at radius 1 is 0.500 bits per heavy atom. The lowest BCUT2D eigenvalue weighted by Gasteiger charge is -2.50. The molecule has 0 aliphatic carbocycles. The average Bonchev–Trinajstić information content (AvgIpc) is 3.06. The van der Waals surface area contributed by atoms with Crippen LogP contribution in [0.25, 0.3) is 0 Å². The maximum atomic E-state index is 12.3. The molecule has 4 saturated heterocycles. The second-order valence-electron chi connectivity index (χ2n) is 11.9. The van der Waals surface area contributed by atoms with Crippen LogP contribution in [0.1, 0.15) is 6.92 Å². The minimum Gasteiger partial charge on any atom is -0.394 e. The molecule has 0 bridgehead atoms. The maximum Gasteiger partial charge on any atom is 0.217 e. The Hall–Kier alpha value is -1.33. The quantitative estimate of drug-likeness (QED) is 0.0947. The summed E-state index contributed by atoms with van der Waals surface area (Å²) in [5.41, 5.74) is 0. The smallest absolute Gasteiger partial charge is 0.217 e. The first-order chi connectivity index (χ1) is 22.7. The SMILES string of the molecule is CC(=O)N[C@H]1C(O[C@@H]2OC(CO)[C@H](O)C(O)[C@@H]2O)[C@H](O)C(CO)O[C@H]1OC1[C@@H](O)C(CO)O[C@@H](O[C@@H]2C(CO)OC(O)[C@@H](O)C2O)[C@H]1O. The fraction of sp³-hybridized carbons (Fsp3) is 0.962. The Labute approximate surface area is 272 Å². The molecule has 280 valence electrons. The molecule has 4 heterocycles. The average molecular weight is 708 g/mol. The van der Waals surface area contributed by atoms with E-state index < -0.39 is 155 Å². The Balaban J connectivity index is 1.61. The van der Waals surface area contributed by atoms with Gasteiger partial charge in [-0.25, -0.2) is 0 Å². The van der Waals surface area contributed by atoms with Gasteiger partial charge in [0.05, 0.1) is 26.4 Å². The summed E-state index contributed by atoms with van der Waals surface area (Å²) < 4.78 is 38.7. The van der Waals surface area contributed by atoms with Gasteiger partial charge in [0.15, 0.2) is 25.2 Å². The summed E-state index contributed by atoms with van der Waals surface area (Å²) in [5, 5.41) is 136. The lowest BCUT2D eigenvalue weighted by atomic mass is 9.94. The molecule has 4 aliphatic rings. The van der Waals surface area contributed by atoms with Crippen LogP contribution in [0.3, 0.4) is 0 Å².